The molecule has 2 nitrogen and oxygen atoms in total. The Morgan fingerprint density at radius 3 is 2.20 bits per heavy atom. The molecule has 2 rings (SSSR count). The zero-order valence-corrected chi connectivity index (χ0v) is 12.1. The molecule has 0 aromatic heterocycles. The fourth-order valence-corrected chi connectivity index (χ4v) is 2.28. The van der Waals surface area contributed by atoms with Crippen LogP contribution in [0, 0.1) is 20.8 Å². The van der Waals surface area contributed by atoms with Crippen molar-refractivity contribution in [2.45, 2.75) is 20.8 Å². The first-order valence-corrected chi connectivity index (χ1v) is 6.68. The van der Waals surface area contributed by atoms with Crippen molar-refractivity contribution in [3.63, 3.8) is 0 Å². The molecule has 0 saturated heterocycles. The Morgan fingerprint density at radius 1 is 1.00 bits per heavy atom. The van der Waals surface area contributed by atoms with E-state index < -0.39 is 0 Å². The summed E-state index contributed by atoms with van der Waals surface area (Å²) in [7, 11) is 0. The topological polar surface area (TPSA) is 29.1 Å². The number of rotatable bonds is 3. The molecule has 0 aliphatic rings. The van der Waals surface area contributed by atoms with Gasteiger partial charge in [0.15, 0.2) is 0 Å². The lowest BCUT2D eigenvalue weighted by Crippen LogP contribution is -2.10. The lowest BCUT2D eigenvalue weighted by molar-refractivity contribution is -0.111. The standard InChI is InChI=1S/C18H19NO/c1-13-11-14(2)18(15(3)12-13)19-17(20)10-9-16-7-5-4-6-8-16/h4-12H,1-3H3,(H,19,20)/b10-9-. The van der Waals surface area contributed by atoms with Crippen molar-refractivity contribution >= 4 is 17.7 Å². The third-order valence-corrected chi connectivity index (χ3v) is 3.15. The molecule has 2 aromatic rings. The Kier molecular flexibility index (Phi) is 4.36. The summed E-state index contributed by atoms with van der Waals surface area (Å²) in [6, 6.07) is 13.9. The highest BCUT2D eigenvalue weighted by atomic mass is 16.1. The molecular formula is C18H19NO. The van der Waals surface area contributed by atoms with Crippen molar-refractivity contribution in [1.29, 1.82) is 0 Å². The fourth-order valence-electron chi connectivity index (χ4n) is 2.28. The van der Waals surface area contributed by atoms with Gasteiger partial charge >= 0.3 is 0 Å². The van der Waals surface area contributed by atoms with E-state index in [4.69, 9.17) is 0 Å². The van der Waals surface area contributed by atoms with Gasteiger partial charge in [0.1, 0.15) is 0 Å². The van der Waals surface area contributed by atoms with Crippen molar-refractivity contribution < 1.29 is 4.79 Å². The first-order valence-electron chi connectivity index (χ1n) is 6.68. The summed E-state index contributed by atoms with van der Waals surface area (Å²) in [6.45, 7) is 6.08. The molecule has 20 heavy (non-hydrogen) atoms. The Hall–Kier alpha value is -2.35. The molecule has 102 valence electrons. The van der Waals surface area contributed by atoms with Gasteiger partial charge in [-0.05, 0) is 43.5 Å². The molecule has 0 heterocycles. The van der Waals surface area contributed by atoms with E-state index >= 15 is 0 Å². The normalized spacial score (nSPS) is 10.8. The molecule has 0 bridgehead atoms. The van der Waals surface area contributed by atoms with Crippen molar-refractivity contribution in [3.8, 4) is 0 Å². The maximum absolute atomic E-state index is 12.0. The maximum Gasteiger partial charge on any atom is 0.248 e. The van der Waals surface area contributed by atoms with E-state index in [1.54, 1.807) is 6.08 Å². The summed E-state index contributed by atoms with van der Waals surface area (Å²) in [4.78, 5) is 12.0. The van der Waals surface area contributed by atoms with Crippen LogP contribution in [0.2, 0.25) is 0 Å². The van der Waals surface area contributed by atoms with Gasteiger partial charge in [0, 0.05) is 11.8 Å². The number of carbonyl (C=O) groups is 1. The van der Waals surface area contributed by atoms with Crippen molar-refractivity contribution in [3.05, 3.63) is 70.8 Å². The highest BCUT2D eigenvalue weighted by Crippen LogP contribution is 2.21. The van der Waals surface area contributed by atoms with Crippen LogP contribution < -0.4 is 5.32 Å². The summed E-state index contributed by atoms with van der Waals surface area (Å²) in [5, 5.41) is 2.95. The monoisotopic (exact) mass is 265 g/mol. The van der Waals surface area contributed by atoms with Gasteiger partial charge < -0.3 is 5.32 Å². The van der Waals surface area contributed by atoms with E-state index in [0.29, 0.717) is 0 Å². The molecule has 0 aliphatic carbocycles. The average Bonchev–Trinajstić information content (AvgIpc) is 2.42. The van der Waals surface area contributed by atoms with Crippen LogP contribution in [0.1, 0.15) is 22.3 Å². The SMILES string of the molecule is Cc1cc(C)c(NC(=O)/C=C\c2ccccc2)c(C)c1. The lowest BCUT2D eigenvalue weighted by Gasteiger charge is -2.11. The molecule has 0 aliphatic heterocycles. The number of carbonyl (C=O) groups excluding carboxylic acids is 1. The Labute approximate surface area is 120 Å². The largest absolute Gasteiger partial charge is 0.322 e. The van der Waals surface area contributed by atoms with Crippen LogP contribution >= 0.6 is 0 Å². The second-order valence-corrected chi connectivity index (χ2v) is 5.01. The third kappa shape index (κ3) is 3.58. The summed E-state index contributed by atoms with van der Waals surface area (Å²) < 4.78 is 0. The van der Waals surface area contributed by atoms with Crippen LogP contribution in [-0.2, 0) is 4.79 Å². The van der Waals surface area contributed by atoms with Crippen LogP contribution in [0.3, 0.4) is 0 Å². The summed E-state index contributed by atoms with van der Waals surface area (Å²) in [5.74, 6) is -0.107. The number of hydrogen-bond acceptors (Lipinski definition) is 1. The van der Waals surface area contributed by atoms with Crippen LogP contribution in [0.5, 0.6) is 0 Å². The van der Waals surface area contributed by atoms with Gasteiger partial charge in [-0.15, -0.1) is 0 Å². The van der Waals surface area contributed by atoms with Gasteiger partial charge in [0.05, 0.1) is 0 Å². The Balaban J connectivity index is 2.11. The molecule has 1 amide bonds. The molecule has 0 spiro atoms. The van der Waals surface area contributed by atoms with Crippen LogP contribution in [0.25, 0.3) is 6.08 Å². The van der Waals surface area contributed by atoms with Gasteiger partial charge in [0.2, 0.25) is 5.91 Å². The predicted molar refractivity (Wildman–Crippen MR) is 84.8 cm³/mol. The second kappa shape index (κ2) is 6.20. The minimum absolute atomic E-state index is 0.107. The van der Waals surface area contributed by atoms with Gasteiger partial charge in [-0.2, -0.15) is 0 Å². The van der Waals surface area contributed by atoms with Crippen molar-refractivity contribution in [2.24, 2.45) is 0 Å². The smallest absolute Gasteiger partial charge is 0.248 e. The number of hydrogen-bond donors (Lipinski definition) is 1. The Bertz CT molecular complexity index is 619. The molecule has 0 radical (unpaired) electrons. The molecule has 0 fully saturated rings. The summed E-state index contributed by atoms with van der Waals surface area (Å²) >= 11 is 0. The highest BCUT2D eigenvalue weighted by Gasteiger charge is 2.05. The molecule has 0 atom stereocenters. The molecule has 2 aromatic carbocycles. The summed E-state index contributed by atoms with van der Waals surface area (Å²) in [6.07, 6.45) is 3.38. The number of amides is 1. The number of benzene rings is 2. The van der Waals surface area contributed by atoms with Crippen LogP contribution in [0.15, 0.2) is 48.5 Å². The first-order chi connectivity index (χ1) is 9.56. The van der Waals surface area contributed by atoms with E-state index in [9.17, 15) is 4.79 Å². The minimum Gasteiger partial charge on any atom is -0.322 e. The third-order valence-electron chi connectivity index (χ3n) is 3.15. The highest BCUT2D eigenvalue weighted by molar-refractivity contribution is 6.02. The van der Waals surface area contributed by atoms with E-state index in [2.05, 4.69) is 24.4 Å². The number of nitrogens with one attached hydrogen (secondary N) is 1. The van der Waals surface area contributed by atoms with Gasteiger partial charge in [-0.25, -0.2) is 0 Å². The minimum atomic E-state index is -0.107. The molecule has 0 saturated carbocycles. The first kappa shape index (κ1) is 14.1. The van der Waals surface area contributed by atoms with Crippen molar-refractivity contribution in [1.82, 2.24) is 0 Å². The zero-order chi connectivity index (χ0) is 14.5. The van der Waals surface area contributed by atoms with E-state index in [-0.39, 0.29) is 5.91 Å². The van der Waals surface area contributed by atoms with Gasteiger partial charge in [0.25, 0.3) is 0 Å². The zero-order valence-electron chi connectivity index (χ0n) is 12.1. The molecule has 0 unspecified atom stereocenters. The molecule has 2 heteroatoms. The quantitative estimate of drug-likeness (QED) is 0.825. The molecule has 1 N–H and O–H groups in total. The van der Waals surface area contributed by atoms with Crippen molar-refractivity contribution in [2.75, 3.05) is 5.32 Å². The van der Waals surface area contributed by atoms with Crippen LogP contribution in [0.4, 0.5) is 5.69 Å². The molecular weight excluding hydrogens is 246 g/mol. The average molecular weight is 265 g/mol. The maximum atomic E-state index is 12.0. The van der Waals surface area contributed by atoms with E-state index in [1.165, 1.54) is 5.56 Å². The Morgan fingerprint density at radius 2 is 1.60 bits per heavy atom. The van der Waals surface area contributed by atoms with E-state index in [0.717, 1.165) is 22.4 Å². The number of anilines is 1. The lowest BCUT2D eigenvalue weighted by atomic mass is 10.1. The van der Waals surface area contributed by atoms with E-state index in [1.807, 2.05) is 50.3 Å². The second-order valence-electron chi connectivity index (χ2n) is 5.01. The van der Waals surface area contributed by atoms with Crippen LogP contribution in [-0.4, -0.2) is 5.91 Å². The fraction of sp³-hybridized carbons (Fsp3) is 0.167. The van der Waals surface area contributed by atoms with Gasteiger partial charge in [-0.3, -0.25) is 4.79 Å². The van der Waals surface area contributed by atoms with Gasteiger partial charge in [-0.1, -0.05) is 48.0 Å². The predicted octanol–water partition coefficient (Wildman–Crippen LogP) is 4.26. The summed E-state index contributed by atoms with van der Waals surface area (Å²) in [5.41, 5.74) is 5.30. The number of aryl methyl sites for hydroxylation is 3.